The first-order valence-electron chi connectivity index (χ1n) is 23.2. The minimum Gasteiger partial charge on any atom is -0.497 e. The number of aromatic nitrogens is 3. The Morgan fingerprint density at radius 2 is 1.13 bits per heavy atom. The number of methoxy groups -OCH3 is 2. The van der Waals surface area contributed by atoms with E-state index in [2.05, 4.69) is 30.8 Å². The van der Waals surface area contributed by atoms with Gasteiger partial charge in [0.25, 0.3) is 16.7 Å². The van der Waals surface area contributed by atoms with Crippen molar-refractivity contribution < 1.29 is 37.7 Å². The van der Waals surface area contributed by atoms with Crippen molar-refractivity contribution in [2.45, 2.75) is 72.6 Å². The maximum Gasteiger partial charge on any atom is 0.355 e. The van der Waals surface area contributed by atoms with Crippen molar-refractivity contribution in [3.8, 4) is 51.0 Å². The van der Waals surface area contributed by atoms with Gasteiger partial charge in [-0.2, -0.15) is 0 Å². The summed E-state index contributed by atoms with van der Waals surface area (Å²) in [4.78, 5) is 96.6. The molecule has 5 heterocycles. The van der Waals surface area contributed by atoms with E-state index in [-0.39, 0.29) is 41.1 Å². The number of anilines is 2. The smallest absolute Gasteiger partial charge is 0.355 e. The molecule has 0 spiro atoms. The van der Waals surface area contributed by atoms with E-state index in [9.17, 15) is 28.8 Å². The number of H-pyrrole nitrogens is 3. The normalized spacial score (nSPS) is 13.4. The number of hydrogen-bond acceptors (Lipinski definition) is 12. The van der Waals surface area contributed by atoms with E-state index >= 15 is 4.39 Å². The molecule has 358 valence electrons. The van der Waals surface area contributed by atoms with Crippen molar-refractivity contribution in [1.82, 2.24) is 15.0 Å². The third-order valence-electron chi connectivity index (χ3n) is 13.0. The number of nitrogens with one attached hydrogen (secondary N) is 3. The molecule has 2 saturated heterocycles. The monoisotopic (exact) mass is 939 g/mol. The van der Waals surface area contributed by atoms with E-state index in [0.29, 0.717) is 34.6 Å². The topological polar surface area (TPSA) is 193 Å². The molecule has 0 aliphatic carbocycles. The average molecular weight is 940 g/mol. The number of halogens is 1. The minimum absolute atomic E-state index is 0.0247. The van der Waals surface area contributed by atoms with Crippen LogP contribution in [0, 0.1) is 12.7 Å². The lowest BCUT2D eigenvalue weighted by molar-refractivity contribution is 0.0393. The third kappa shape index (κ3) is 9.43. The summed E-state index contributed by atoms with van der Waals surface area (Å²) < 4.78 is 37.8. The van der Waals surface area contributed by atoms with Gasteiger partial charge in [0.2, 0.25) is 0 Å². The van der Waals surface area contributed by atoms with Crippen molar-refractivity contribution in [3.05, 3.63) is 143 Å². The van der Waals surface area contributed by atoms with Crippen LogP contribution in [0.15, 0.2) is 81.1 Å². The first-order valence-corrected chi connectivity index (χ1v) is 23.2. The third-order valence-corrected chi connectivity index (χ3v) is 13.0. The number of rotatable bonds is 14. The quantitative estimate of drug-likeness (QED) is 0.0700. The van der Waals surface area contributed by atoms with Gasteiger partial charge < -0.3 is 43.7 Å². The Morgan fingerprint density at radius 1 is 0.594 bits per heavy atom. The standard InChI is InChI=1S/C53H54FN5O10/c1-7-30-25-39(48(60)55-44(30)36-17-14-32(24-29(36)4)58-20-10-11-21-58)51(63)68-47-35(9-3)46(38-19-16-34(66-5)28-42(38)67-6)57-50(62)43(47)53(65)69-52(64)40-26-31(8-2)45(56-49(40)61)37-18-15-33(27-41(37)54)59-22-12-13-23-59/h14-19,24-28H,7-13,20-23H2,1-6H3,(H,55,60)(H,56,61)(H,57,62). The van der Waals surface area contributed by atoms with Crippen molar-refractivity contribution in [1.29, 1.82) is 0 Å². The van der Waals surface area contributed by atoms with Gasteiger partial charge in [-0.05, 0) is 123 Å². The van der Waals surface area contributed by atoms with Gasteiger partial charge in [-0.15, -0.1) is 0 Å². The van der Waals surface area contributed by atoms with Gasteiger partial charge in [0.05, 0.1) is 31.3 Å². The summed E-state index contributed by atoms with van der Waals surface area (Å²) in [5.74, 6) is -4.65. The molecule has 0 amide bonds. The largest absolute Gasteiger partial charge is 0.497 e. The molecule has 0 bridgehead atoms. The van der Waals surface area contributed by atoms with Crippen molar-refractivity contribution in [3.63, 3.8) is 0 Å². The van der Waals surface area contributed by atoms with Gasteiger partial charge >= 0.3 is 17.9 Å². The second-order valence-corrected chi connectivity index (χ2v) is 17.1. The van der Waals surface area contributed by atoms with E-state index in [1.807, 2.05) is 26.0 Å². The van der Waals surface area contributed by atoms with Crippen molar-refractivity contribution >= 4 is 29.3 Å². The highest BCUT2D eigenvalue weighted by atomic mass is 19.1. The molecule has 0 radical (unpaired) electrons. The molecule has 16 heteroatoms. The average Bonchev–Trinajstić information content (AvgIpc) is 4.10. The number of aromatic amines is 3. The van der Waals surface area contributed by atoms with Gasteiger partial charge in [0.1, 0.15) is 28.4 Å². The minimum atomic E-state index is -1.55. The predicted octanol–water partition coefficient (Wildman–Crippen LogP) is 8.32. The lowest BCUT2D eigenvalue weighted by Gasteiger charge is -2.20. The molecule has 6 aromatic rings. The number of aryl methyl sites for hydroxylation is 3. The fraction of sp³-hybridized carbons (Fsp3) is 0.321. The number of carbonyl (C=O) groups excluding carboxylic acids is 3. The van der Waals surface area contributed by atoms with Crippen LogP contribution >= 0.6 is 0 Å². The van der Waals surface area contributed by atoms with Gasteiger partial charge in [-0.25, -0.2) is 18.8 Å². The van der Waals surface area contributed by atoms with Crippen LogP contribution < -0.4 is 40.7 Å². The van der Waals surface area contributed by atoms with Gasteiger partial charge in [0, 0.05) is 65.9 Å². The number of esters is 3. The molecule has 2 aliphatic heterocycles. The van der Waals surface area contributed by atoms with Crippen LogP contribution in [0.25, 0.3) is 33.8 Å². The molecule has 0 unspecified atom stereocenters. The molecule has 2 fully saturated rings. The molecule has 8 rings (SSSR count). The lowest BCUT2D eigenvalue weighted by atomic mass is 9.97. The lowest BCUT2D eigenvalue weighted by Crippen LogP contribution is -2.30. The zero-order valence-electron chi connectivity index (χ0n) is 39.5. The summed E-state index contributed by atoms with van der Waals surface area (Å²) in [5.41, 5.74) is 1.04. The number of hydrogen-bond donors (Lipinski definition) is 3. The Kier molecular flexibility index (Phi) is 14.0. The second kappa shape index (κ2) is 20.2. The van der Waals surface area contributed by atoms with E-state index in [0.717, 1.165) is 74.4 Å². The molecule has 0 saturated carbocycles. The van der Waals surface area contributed by atoms with Gasteiger partial charge in [0.15, 0.2) is 11.3 Å². The molecule has 69 heavy (non-hydrogen) atoms. The number of benzene rings is 3. The first-order chi connectivity index (χ1) is 33.3. The molecular formula is C53H54FN5O10. The summed E-state index contributed by atoms with van der Waals surface area (Å²) in [6, 6.07) is 18.2. The van der Waals surface area contributed by atoms with Crippen LogP contribution in [-0.2, 0) is 24.0 Å². The predicted molar refractivity (Wildman–Crippen MR) is 261 cm³/mol. The van der Waals surface area contributed by atoms with Crippen molar-refractivity contribution in [2.75, 3.05) is 50.2 Å². The zero-order valence-corrected chi connectivity index (χ0v) is 39.5. The Labute approximate surface area is 397 Å². The van der Waals surface area contributed by atoms with Crippen LogP contribution in [-0.4, -0.2) is 73.3 Å². The summed E-state index contributed by atoms with van der Waals surface area (Å²) in [5, 5.41) is 0. The molecule has 3 aromatic heterocycles. The molecular weight excluding hydrogens is 886 g/mol. The van der Waals surface area contributed by atoms with Crippen LogP contribution in [0.5, 0.6) is 17.2 Å². The number of nitrogens with zero attached hydrogens (tertiary/aromatic N) is 2. The molecule has 15 nitrogen and oxygen atoms in total. The number of carbonyl (C=O) groups is 3. The molecule has 0 atom stereocenters. The summed E-state index contributed by atoms with van der Waals surface area (Å²) >= 11 is 0. The highest BCUT2D eigenvalue weighted by Gasteiger charge is 2.32. The molecule has 3 N–H and O–H groups in total. The van der Waals surface area contributed by atoms with E-state index < -0.39 is 62.8 Å². The van der Waals surface area contributed by atoms with Crippen LogP contribution in [0.4, 0.5) is 15.8 Å². The summed E-state index contributed by atoms with van der Waals surface area (Å²) in [7, 11) is 2.88. The first kappa shape index (κ1) is 47.7. The fourth-order valence-electron chi connectivity index (χ4n) is 9.29. The Hall–Kier alpha value is -7.75. The SMILES string of the molecule is CCc1cc(C(=O)Oc2c(CC)c(-c3ccc(OC)cc3OC)[nH]c(=O)c2C(=O)OC(=O)c2cc(CC)c(-c3ccc(N4CCCC4)cc3F)[nH]c2=O)c(=O)[nH]c1-c1ccc(N2CCCC2)cc1C. The van der Waals surface area contributed by atoms with Crippen LogP contribution in [0.2, 0.25) is 0 Å². The van der Waals surface area contributed by atoms with Crippen molar-refractivity contribution in [2.24, 2.45) is 0 Å². The van der Waals surface area contributed by atoms with Gasteiger partial charge in [-0.1, -0.05) is 26.8 Å². The van der Waals surface area contributed by atoms with Crippen LogP contribution in [0.3, 0.4) is 0 Å². The Balaban J connectivity index is 1.17. The highest BCUT2D eigenvalue weighted by molar-refractivity contribution is 6.05. The van der Waals surface area contributed by atoms with Crippen LogP contribution in [0.1, 0.15) is 99.8 Å². The maximum absolute atomic E-state index is 15.6. The van der Waals surface area contributed by atoms with E-state index in [1.54, 1.807) is 44.2 Å². The summed E-state index contributed by atoms with van der Waals surface area (Å²) in [6.45, 7) is 10.8. The number of ether oxygens (including phenoxy) is 4. The van der Waals surface area contributed by atoms with E-state index in [1.165, 1.54) is 32.4 Å². The summed E-state index contributed by atoms with van der Waals surface area (Å²) in [6.07, 6.45) is 4.93. The molecule has 2 aliphatic rings. The van der Waals surface area contributed by atoms with E-state index in [4.69, 9.17) is 18.9 Å². The Morgan fingerprint density at radius 3 is 1.67 bits per heavy atom. The maximum atomic E-state index is 15.6. The molecule has 3 aromatic carbocycles. The fourth-order valence-corrected chi connectivity index (χ4v) is 9.29. The zero-order chi connectivity index (χ0) is 49.1. The Bertz CT molecular complexity index is 3180. The van der Waals surface area contributed by atoms with Gasteiger partial charge in [-0.3, -0.25) is 14.4 Å². The second-order valence-electron chi connectivity index (χ2n) is 17.1. The number of pyridine rings is 3. The highest BCUT2D eigenvalue weighted by Crippen LogP contribution is 2.39.